The minimum absolute atomic E-state index is 0.0742. The highest BCUT2D eigenvalue weighted by Gasteiger charge is 2.23. The van der Waals surface area contributed by atoms with Crippen molar-refractivity contribution in [1.29, 1.82) is 0 Å². The van der Waals surface area contributed by atoms with E-state index in [0.717, 1.165) is 16.0 Å². The molecule has 1 unspecified atom stereocenters. The van der Waals surface area contributed by atoms with Crippen LogP contribution in [0.25, 0.3) is 0 Å². The molecular formula is C24H27ClN4O4S2. The molecule has 2 aromatic heterocycles. The van der Waals surface area contributed by atoms with Gasteiger partial charge in [-0.25, -0.2) is 4.79 Å². The number of aryl methyl sites for hydroxylation is 2. The van der Waals surface area contributed by atoms with Crippen molar-refractivity contribution in [3.8, 4) is 5.75 Å². The van der Waals surface area contributed by atoms with E-state index >= 15 is 0 Å². The van der Waals surface area contributed by atoms with E-state index in [2.05, 4.69) is 22.1 Å². The maximum atomic E-state index is 12.7. The normalized spacial score (nSPS) is 11.7. The number of aromatic nitrogens is 3. The van der Waals surface area contributed by atoms with E-state index in [1.54, 1.807) is 12.1 Å². The number of thiophene rings is 1. The molecule has 186 valence electrons. The van der Waals surface area contributed by atoms with Crippen LogP contribution in [0.1, 0.15) is 45.2 Å². The highest BCUT2D eigenvalue weighted by atomic mass is 35.5. The molecule has 0 bridgehead atoms. The Hall–Kier alpha value is -2.82. The van der Waals surface area contributed by atoms with E-state index in [-0.39, 0.29) is 11.7 Å². The van der Waals surface area contributed by atoms with Crippen LogP contribution in [0.15, 0.2) is 36.0 Å². The van der Waals surface area contributed by atoms with E-state index in [1.165, 1.54) is 30.2 Å². The molecule has 3 rings (SSSR count). The summed E-state index contributed by atoms with van der Waals surface area (Å²) in [6.07, 6.45) is 1.29. The van der Waals surface area contributed by atoms with Crippen molar-refractivity contribution in [2.24, 2.45) is 0 Å². The fourth-order valence-corrected chi connectivity index (χ4v) is 5.29. The SMILES string of the molecule is C=CCn1c(SCC(=O)Nc2sc(C)c(C)c2C(=O)OC)nnc1C(C)Oc1cc(C)ccc1Cl. The van der Waals surface area contributed by atoms with Gasteiger partial charge >= 0.3 is 5.97 Å². The molecule has 2 heterocycles. The van der Waals surface area contributed by atoms with Crippen molar-refractivity contribution in [3.63, 3.8) is 0 Å². The van der Waals surface area contributed by atoms with Gasteiger partial charge in [0.2, 0.25) is 5.91 Å². The number of halogens is 1. The molecule has 35 heavy (non-hydrogen) atoms. The summed E-state index contributed by atoms with van der Waals surface area (Å²) in [5.74, 6) is 0.469. The van der Waals surface area contributed by atoms with E-state index in [1.807, 2.05) is 44.4 Å². The Morgan fingerprint density at radius 3 is 2.74 bits per heavy atom. The lowest BCUT2D eigenvalue weighted by molar-refractivity contribution is -0.113. The van der Waals surface area contributed by atoms with Gasteiger partial charge < -0.3 is 14.8 Å². The molecular weight excluding hydrogens is 508 g/mol. The average molecular weight is 535 g/mol. The quantitative estimate of drug-likeness (QED) is 0.200. The Kier molecular flexibility index (Phi) is 8.98. The van der Waals surface area contributed by atoms with E-state index in [0.29, 0.717) is 38.9 Å². The van der Waals surface area contributed by atoms with E-state index in [4.69, 9.17) is 21.1 Å². The topological polar surface area (TPSA) is 95.3 Å². The number of anilines is 1. The highest BCUT2D eigenvalue weighted by molar-refractivity contribution is 7.99. The summed E-state index contributed by atoms with van der Waals surface area (Å²) in [6, 6.07) is 5.56. The number of ether oxygens (including phenoxy) is 2. The lowest BCUT2D eigenvalue weighted by Crippen LogP contribution is -2.17. The Morgan fingerprint density at radius 1 is 1.31 bits per heavy atom. The lowest BCUT2D eigenvalue weighted by Gasteiger charge is -2.17. The zero-order chi connectivity index (χ0) is 25.7. The third-order valence-corrected chi connectivity index (χ3v) is 7.57. The number of amides is 1. The maximum Gasteiger partial charge on any atom is 0.341 e. The predicted octanol–water partition coefficient (Wildman–Crippen LogP) is 5.76. The molecule has 3 aromatic rings. The average Bonchev–Trinajstić information content (AvgIpc) is 3.34. The Morgan fingerprint density at radius 2 is 2.06 bits per heavy atom. The van der Waals surface area contributed by atoms with Gasteiger partial charge in [0.25, 0.3) is 0 Å². The van der Waals surface area contributed by atoms with Crippen molar-refractivity contribution in [3.05, 3.63) is 63.3 Å². The number of allylic oxidation sites excluding steroid dienone is 1. The second-order valence-corrected chi connectivity index (χ2v) is 10.3. The molecule has 1 atom stereocenters. The van der Waals surface area contributed by atoms with E-state index in [9.17, 15) is 9.59 Å². The number of thioether (sulfide) groups is 1. The fraction of sp³-hybridized carbons (Fsp3) is 0.333. The van der Waals surface area contributed by atoms with Crippen molar-refractivity contribution in [2.75, 3.05) is 18.2 Å². The molecule has 0 radical (unpaired) electrons. The molecule has 1 amide bonds. The Balaban J connectivity index is 1.73. The number of hydrogen-bond donors (Lipinski definition) is 1. The van der Waals surface area contributed by atoms with Gasteiger partial charge in [0.15, 0.2) is 17.1 Å². The Bertz CT molecular complexity index is 1250. The van der Waals surface area contributed by atoms with Crippen LogP contribution in [-0.4, -0.2) is 39.5 Å². The number of carbonyl (C=O) groups excluding carboxylic acids is 2. The van der Waals surface area contributed by atoms with Gasteiger partial charge in [-0.3, -0.25) is 9.36 Å². The zero-order valence-electron chi connectivity index (χ0n) is 20.2. The van der Waals surface area contributed by atoms with Crippen LogP contribution in [0.2, 0.25) is 5.02 Å². The van der Waals surface area contributed by atoms with Crippen molar-refractivity contribution in [1.82, 2.24) is 14.8 Å². The number of benzene rings is 1. The van der Waals surface area contributed by atoms with Crippen LogP contribution < -0.4 is 10.1 Å². The number of carbonyl (C=O) groups is 2. The third kappa shape index (κ3) is 6.25. The summed E-state index contributed by atoms with van der Waals surface area (Å²) in [7, 11) is 1.32. The van der Waals surface area contributed by atoms with Crippen molar-refractivity contribution in [2.45, 2.75) is 45.5 Å². The second kappa shape index (κ2) is 11.7. The van der Waals surface area contributed by atoms with Gasteiger partial charge in [-0.15, -0.1) is 28.1 Å². The lowest BCUT2D eigenvalue weighted by atomic mass is 10.1. The maximum absolute atomic E-state index is 12.7. The van der Waals surface area contributed by atoms with Crippen LogP contribution in [0.4, 0.5) is 5.00 Å². The summed E-state index contributed by atoms with van der Waals surface area (Å²) in [4.78, 5) is 25.8. The van der Waals surface area contributed by atoms with Gasteiger partial charge in [-0.2, -0.15) is 0 Å². The van der Waals surface area contributed by atoms with Crippen LogP contribution in [0, 0.1) is 20.8 Å². The van der Waals surface area contributed by atoms with Crippen molar-refractivity contribution >= 4 is 51.6 Å². The molecule has 0 fully saturated rings. The molecule has 0 aliphatic heterocycles. The predicted molar refractivity (Wildman–Crippen MR) is 140 cm³/mol. The number of hydrogen-bond acceptors (Lipinski definition) is 8. The number of nitrogens with one attached hydrogen (secondary N) is 1. The molecule has 0 spiro atoms. The molecule has 11 heteroatoms. The number of nitrogens with zero attached hydrogens (tertiary/aromatic N) is 3. The molecule has 0 aliphatic rings. The van der Waals surface area contributed by atoms with Gasteiger partial charge in [0.05, 0.1) is 23.4 Å². The van der Waals surface area contributed by atoms with Crippen molar-refractivity contribution < 1.29 is 19.1 Å². The molecule has 8 nitrogen and oxygen atoms in total. The Labute approximate surface area is 217 Å². The first-order valence-corrected chi connectivity index (χ1v) is 12.9. The first kappa shape index (κ1) is 26.8. The van der Waals surface area contributed by atoms with Gasteiger partial charge in [-0.1, -0.05) is 35.5 Å². The van der Waals surface area contributed by atoms with Crippen LogP contribution in [0.3, 0.4) is 0 Å². The monoisotopic (exact) mass is 534 g/mol. The summed E-state index contributed by atoms with van der Waals surface area (Å²) >= 11 is 8.85. The number of methoxy groups -OCH3 is 1. The third-order valence-electron chi connectivity index (χ3n) is 5.17. The van der Waals surface area contributed by atoms with Crippen LogP contribution >= 0.6 is 34.7 Å². The van der Waals surface area contributed by atoms with Crippen LogP contribution in [0.5, 0.6) is 5.75 Å². The molecule has 1 N–H and O–H groups in total. The fourth-order valence-electron chi connectivity index (χ4n) is 3.31. The largest absolute Gasteiger partial charge is 0.481 e. The summed E-state index contributed by atoms with van der Waals surface area (Å²) in [6.45, 7) is 11.8. The summed E-state index contributed by atoms with van der Waals surface area (Å²) in [5, 5.41) is 12.9. The van der Waals surface area contributed by atoms with Gasteiger partial charge in [0, 0.05) is 11.4 Å². The smallest absolute Gasteiger partial charge is 0.341 e. The molecule has 0 saturated carbocycles. The minimum atomic E-state index is -0.479. The molecule has 1 aromatic carbocycles. The number of esters is 1. The second-order valence-electron chi connectivity index (χ2n) is 7.75. The highest BCUT2D eigenvalue weighted by Crippen LogP contribution is 2.34. The molecule has 0 aliphatic carbocycles. The molecule has 0 saturated heterocycles. The first-order chi connectivity index (χ1) is 16.7. The number of rotatable bonds is 10. The standard InChI is InChI=1S/C24H27ClN4O4S2/c1-7-10-29-21(15(4)33-18-11-13(2)8-9-17(18)25)27-28-24(29)34-12-19(30)26-22-20(23(31)32-6)14(3)16(5)35-22/h7-9,11,15H,1,10,12H2,2-6H3,(H,26,30). The summed E-state index contributed by atoms with van der Waals surface area (Å²) in [5.41, 5.74) is 2.20. The first-order valence-electron chi connectivity index (χ1n) is 10.7. The summed E-state index contributed by atoms with van der Waals surface area (Å²) < 4.78 is 12.8. The minimum Gasteiger partial charge on any atom is -0.481 e. The van der Waals surface area contributed by atoms with Crippen LogP contribution in [-0.2, 0) is 16.1 Å². The van der Waals surface area contributed by atoms with Gasteiger partial charge in [-0.05, 0) is 51.0 Å². The van der Waals surface area contributed by atoms with E-state index < -0.39 is 12.1 Å². The van der Waals surface area contributed by atoms with Gasteiger partial charge in [0.1, 0.15) is 10.8 Å². The zero-order valence-corrected chi connectivity index (χ0v) is 22.6.